The molecule has 0 radical (unpaired) electrons. The third kappa shape index (κ3) is 33.4. The molecule has 0 aliphatic carbocycles. The van der Waals surface area contributed by atoms with Gasteiger partial charge in [0.15, 0.2) is 0 Å². The van der Waals surface area contributed by atoms with Crippen molar-refractivity contribution in [1.29, 1.82) is 0 Å². The summed E-state index contributed by atoms with van der Waals surface area (Å²) in [6, 6.07) is 0.539. The molecule has 0 fully saturated rings. The van der Waals surface area contributed by atoms with Gasteiger partial charge in [-0.15, -0.1) is 0 Å². The predicted octanol–water partition coefficient (Wildman–Crippen LogP) is 13.2. The van der Waals surface area contributed by atoms with Crippen molar-refractivity contribution in [2.24, 2.45) is 11.8 Å². The summed E-state index contributed by atoms with van der Waals surface area (Å²) in [6.45, 7) is 11.2. The quantitative estimate of drug-likeness (QED) is 0.0497. The maximum Gasteiger partial charge on any atom is 0.305 e. The fraction of sp³-hybridized carbons (Fsp3) is 0.957. The van der Waals surface area contributed by atoms with Gasteiger partial charge in [0.1, 0.15) is 0 Å². The molecule has 0 aromatic heterocycles. The second-order valence-electron chi connectivity index (χ2n) is 16.3. The first-order valence-corrected chi connectivity index (χ1v) is 23.0. The number of carbonyl (C=O) groups is 2. The molecular formula is C46H91NO5. The Bertz CT molecular complexity index is 705. The van der Waals surface area contributed by atoms with Crippen LogP contribution in [0.4, 0.5) is 0 Å². The van der Waals surface area contributed by atoms with E-state index in [1.165, 1.54) is 167 Å². The van der Waals surface area contributed by atoms with E-state index in [1.54, 1.807) is 0 Å². The fourth-order valence-corrected chi connectivity index (χ4v) is 7.53. The minimum Gasteiger partial charge on any atom is -0.465 e. The van der Waals surface area contributed by atoms with E-state index < -0.39 is 0 Å². The van der Waals surface area contributed by atoms with Crippen LogP contribution in [-0.2, 0) is 19.1 Å². The van der Waals surface area contributed by atoms with E-state index in [2.05, 4.69) is 39.6 Å². The Hall–Kier alpha value is -1.14. The molecule has 310 valence electrons. The monoisotopic (exact) mass is 738 g/mol. The van der Waals surface area contributed by atoms with Gasteiger partial charge in [0.25, 0.3) is 0 Å². The first kappa shape index (κ1) is 50.9. The van der Waals surface area contributed by atoms with Crippen molar-refractivity contribution >= 4 is 11.9 Å². The van der Waals surface area contributed by atoms with Gasteiger partial charge in [-0.2, -0.15) is 0 Å². The number of nitrogens with zero attached hydrogens (tertiary/aromatic N) is 1. The number of likely N-dealkylation sites (N-methyl/N-ethyl adjacent to an activating group) is 1. The summed E-state index contributed by atoms with van der Waals surface area (Å²) in [5, 5.41) is 9.53. The minimum atomic E-state index is -0.000570. The topological polar surface area (TPSA) is 76.1 Å². The molecule has 0 saturated carbocycles. The molecule has 0 aromatic carbocycles. The minimum absolute atomic E-state index is 0.000570. The second-order valence-corrected chi connectivity index (χ2v) is 16.3. The highest BCUT2D eigenvalue weighted by atomic mass is 16.5. The molecule has 0 bridgehead atoms. The van der Waals surface area contributed by atoms with Crippen molar-refractivity contribution in [3.63, 3.8) is 0 Å². The average molecular weight is 738 g/mol. The van der Waals surface area contributed by atoms with E-state index in [1.807, 2.05) is 0 Å². The van der Waals surface area contributed by atoms with Crippen LogP contribution in [0, 0.1) is 11.8 Å². The van der Waals surface area contributed by atoms with E-state index in [9.17, 15) is 14.7 Å². The molecule has 0 saturated heterocycles. The van der Waals surface area contributed by atoms with Crippen LogP contribution in [0.1, 0.15) is 233 Å². The summed E-state index contributed by atoms with van der Waals surface area (Å²) < 4.78 is 11.4. The Morgan fingerprint density at radius 2 is 0.788 bits per heavy atom. The van der Waals surface area contributed by atoms with Crippen LogP contribution in [0.5, 0.6) is 0 Å². The molecule has 52 heavy (non-hydrogen) atoms. The Kier molecular flexibility index (Phi) is 38.7. The third-order valence-electron chi connectivity index (χ3n) is 11.2. The maximum atomic E-state index is 12.4. The number of hydrogen-bond donors (Lipinski definition) is 1. The fourth-order valence-electron chi connectivity index (χ4n) is 7.53. The molecule has 0 aliphatic rings. The number of unbranched alkanes of at least 4 members (excludes halogenated alkanes) is 18. The van der Waals surface area contributed by atoms with Gasteiger partial charge < -0.3 is 19.5 Å². The highest BCUT2D eigenvalue weighted by Crippen LogP contribution is 2.21. The number of rotatable bonds is 41. The molecule has 2 atom stereocenters. The zero-order valence-corrected chi connectivity index (χ0v) is 35.7. The van der Waals surface area contributed by atoms with E-state index in [0.29, 0.717) is 43.9 Å². The van der Waals surface area contributed by atoms with Crippen LogP contribution in [-0.4, -0.2) is 61.4 Å². The lowest BCUT2D eigenvalue weighted by Gasteiger charge is -2.27. The highest BCUT2D eigenvalue weighted by Gasteiger charge is 2.15. The summed E-state index contributed by atoms with van der Waals surface area (Å²) in [7, 11) is 2.16. The molecule has 2 unspecified atom stereocenters. The lowest BCUT2D eigenvalue weighted by molar-refractivity contribution is -0.146. The van der Waals surface area contributed by atoms with Crippen molar-refractivity contribution in [3.8, 4) is 0 Å². The van der Waals surface area contributed by atoms with Crippen molar-refractivity contribution in [1.82, 2.24) is 4.90 Å². The van der Waals surface area contributed by atoms with E-state index >= 15 is 0 Å². The number of hydrogen-bond acceptors (Lipinski definition) is 6. The zero-order chi connectivity index (χ0) is 38.3. The van der Waals surface area contributed by atoms with Crippen LogP contribution in [0.2, 0.25) is 0 Å². The van der Waals surface area contributed by atoms with Gasteiger partial charge in [-0.05, 0) is 70.3 Å². The Balaban J connectivity index is 4.05. The lowest BCUT2D eigenvalue weighted by atomic mass is 9.96. The van der Waals surface area contributed by atoms with Crippen LogP contribution >= 0.6 is 0 Å². The maximum absolute atomic E-state index is 12.4. The first-order valence-electron chi connectivity index (χ1n) is 23.0. The Morgan fingerprint density at radius 3 is 1.17 bits per heavy atom. The third-order valence-corrected chi connectivity index (χ3v) is 11.2. The zero-order valence-electron chi connectivity index (χ0n) is 35.7. The lowest BCUT2D eigenvalue weighted by Crippen LogP contribution is -2.34. The summed E-state index contributed by atoms with van der Waals surface area (Å²) in [6.07, 6.45) is 37.3. The number of ether oxygens (including phenoxy) is 2. The summed E-state index contributed by atoms with van der Waals surface area (Å²) in [5.74, 6) is 1.08. The van der Waals surface area contributed by atoms with Gasteiger partial charge >= 0.3 is 11.9 Å². The molecule has 0 rings (SSSR count). The van der Waals surface area contributed by atoms with E-state index in [0.717, 1.165) is 32.2 Å². The Labute approximate surface area is 324 Å². The molecular weight excluding hydrogens is 647 g/mol. The summed E-state index contributed by atoms with van der Waals surface area (Å²) >= 11 is 0. The molecule has 0 aliphatic heterocycles. The molecule has 0 spiro atoms. The van der Waals surface area contributed by atoms with Crippen LogP contribution < -0.4 is 0 Å². The number of aliphatic hydroxyl groups is 1. The SMILES string of the molecule is CCCCCCC(CCCC)COC(=O)CCCCCCCCC(CCCCCCCCC(=O)OCC(CCCC)CCCCCC)N(C)CCO. The number of carbonyl (C=O) groups excluding carboxylic acids is 2. The van der Waals surface area contributed by atoms with Gasteiger partial charge in [0, 0.05) is 25.4 Å². The smallest absolute Gasteiger partial charge is 0.305 e. The highest BCUT2D eigenvalue weighted by molar-refractivity contribution is 5.69. The molecule has 1 N–H and O–H groups in total. The molecule has 0 amide bonds. The summed E-state index contributed by atoms with van der Waals surface area (Å²) in [5.41, 5.74) is 0. The van der Waals surface area contributed by atoms with Gasteiger partial charge in [-0.25, -0.2) is 0 Å². The van der Waals surface area contributed by atoms with Gasteiger partial charge in [0.2, 0.25) is 0 Å². The molecule has 6 nitrogen and oxygen atoms in total. The van der Waals surface area contributed by atoms with Crippen LogP contribution in [0.15, 0.2) is 0 Å². The van der Waals surface area contributed by atoms with Crippen LogP contribution in [0.25, 0.3) is 0 Å². The van der Waals surface area contributed by atoms with Crippen LogP contribution in [0.3, 0.4) is 0 Å². The van der Waals surface area contributed by atoms with Crippen molar-refractivity contribution < 1.29 is 24.2 Å². The summed E-state index contributed by atoms with van der Waals surface area (Å²) in [4.78, 5) is 27.1. The average Bonchev–Trinajstić information content (AvgIpc) is 3.14. The van der Waals surface area contributed by atoms with Gasteiger partial charge in [0.05, 0.1) is 19.8 Å². The molecule has 0 heterocycles. The normalized spacial score (nSPS) is 13.4. The van der Waals surface area contributed by atoms with Crippen molar-refractivity contribution in [2.75, 3.05) is 33.4 Å². The van der Waals surface area contributed by atoms with E-state index in [4.69, 9.17) is 9.47 Å². The largest absolute Gasteiger partial charge is 0.465 e. The first-order chi connectivity index (χ1) is 25.4. The van der Waals surface area contributed by atoms with E-state index in [-0.39, 0.29) is 18.5 Å². The Morgan fingerprint density at radius 1 is 0.462 bits per heavy atom. The second kappa shape index (κ2) is 39.6. The predicted molar refractivity (Wildman–Crippen MR) is 223 cm³/mol. The van der Waals surface area contributed by atoms with Crippen molar-refractivity contribution in [3.05, 3.63) is 0 Å². The standard InChI is InChI=1S/C46H91NO5/c1-6-10-14-24-32-42(30-12-8-3)40-51-45(49)36-28-22-18-16-20-26-34-44(47(5)38-39-48)35-27-21-17-19-23-29-37-46(50)52-41-43(31-13-9-4)33-25-15-11-7-2/h42-44,48H,6-41H2,1-5H3. The molecule has 0 aromatic rings. The van der Waals surface area contributed by atoms with Crippen molar-refractivity contribution in [2.45, 2.75) is 239 Å². The number of esters is 2. The number of aliphatic hydroxyl groups excluding tert-OH is 1. The van der Waals surface area contributed by atoms with Gasteiger partial charge in [-0.1, -0.05) is 169 Å². The van der Waals surface area contributed by atoms with Gasteiger partial charge in [-0.3, -0.25) is 9.59 Å². The molecule has 6 heteroatoms.